The van der Waals surface area contributed by atoms with Gasteiger partial charge in [-0.25, -0.2) is 4.98 Å². The average Bonchev–Trinajstić information content (AvgIpc) is 2.33. The lowest BCUT2D eigenvalue weighted by atomic mass is 10.1. The normalized spacial score (nSPS) is 12.3. The van der Waals surface area contributed by atoms with Gasteiger partial charge < -0.3 is 5.32 Å². The highest BCUT2D eigenvalue weighted by atomic mass is 28.3. The van der Waals surface area contributed by atoms with Crippen LogP contribution < -0.4 is 5.32 Å². The number of hydrogen-bond donors (Lipinski definition) is 1. The summed E-state index contributed by atoms with van der Waals surface area (Å²) in [5.41, 5.74) is 4.96. The van der Waals surface area contributed by atoms with E-state index in [4.69, 9.17) is 0 Å². The molecular weight excluding hydrogens is 252 g/mol. The van der Waals surface area contributed by atoms with Crippen molar-refractivity contribution in [2.24, 2.45) is 0 Å². The van der Waals surface area contributed by atoms with E-state index < -0.39 is 8.07 Å². The van der Waals surface area contributed by atoms with Crippen LogP contribution in [0, 0.1) is 11.5 Å². The van der Waals surface area contributed by atoms with E-state index in [2.05, 4.69) is 41.4 Å². The fourth-order valence-electron chi connectivity index (χ4n) is 1.60. The van der Waals surface area contributed by atoms with Gasteiger partial charge in [0.1, 0.15) is 13.8 Å². The van der Waals surface area contributed by atoms with Crippen molar-refractivity contribution >= 4 is 14.0 Å². The van der Waals surface area contributed by atoms with Crippen LogP contribution in [-0.2, 0) is 4.79 Å². The van der Waals surface area contributed by atoms with E-state index in [1.165, 1.54) is 6.92 Å². The van der Waals surface area contributed by atoms with Crippen molar-refractivity contribution in [3.05, 3.63) is 29.6 Å². The van der Waals surface area contributed by atoms with Crippen molar-refractivity contribution in [3.63, 3.8) is 0 Å². The Morgan fingerprint density at radius 2 is 2.11 bits per heavy atom. The predicted octanol–water partition coefficient (Wildman–Crippen LogP) is 2.90. The van der Waals surface area contributed by atoms with Crippen LogP contribution in [0.2, 0.25) is 19.6 Å². The Kier molecular flexibility index (Phi) is 5.31. The van der Waals surface area contributed by atoms with Crippen molar-refractivity contribution < 1.29 is 4.79 Å². The summed E-state index contributed by atoms with van der Waals surface area (Å²) < 4.78 is 0. The Morgan fingerprint density at radius 3 is 2.63 bits per heavy atom. The molecule has 1 rings (SSSR count). The standard InChI is InChI=1S/C15H22N2OSi/c1-6-14(16-12(2)18)15-9-7-8-13(17-15)10-11-19(3,4)5/h7-9,14H,6H2,1-5H3,(H,16,18). The molecule has 0 fully saturated rings. The number of pyridine rings is 1. The van der Waals surface area contributed by atoms with Crippen LogP contribution in [0.1, 0.15) is 37.7 Å². The summed E-state index contributed by atoms with van der Waals surface area (Å²) >= 11 is 0. The average molecular weight is 274 g/mol. The van der Waals surface area contributed by atoms with E-state index in [0.29, 0.717) is 0 Å². The van der Waals surface area contributed by atoms with E-state index in [1.54, 1.807) is 0 Å². The molecule has 1 N–H and O–H groups in total. The molecule has 0 aliphatic carbocycles. The maximum Gasteiger partial charge on any atom is 0.217 e. The van der Waals surface area contributed by atoms with Crippen LogP contribution in [0.4, 0.5) is 0 Å². The third-order valence-corrected chi connectivity index (χ3v) is 3.35. The number of rotatable bonds is 3. The monoisotopic (exact) mass is 274 g/mol. The lowest BCUT2D eigenvalue weighted by Crippen LogP contribution is -2.26. The largest absolute Gasteiger partial charge is 0.348 e. The van der Waals surface area contributed by atoms with Gasteiger partial charge in [-0.15, -0.1) is 5.54 Å². The van der Waals surface area contributed by atoms with Gasteiger partial charge >= 0.3 is 0 Å². The van der Waals surface area contributed by atoms with Gasteiger partial charge in [0.2, 0.25) is 5.91 Å². The minimum Gasteiger partial charge on any atom is -0.348 e. The third-order valence-electron chi connectivity index (χ3n) is 2.48. The Morgan fingerprint density at radius 1 is 1.42 bits per heavy atom. The number of aromatic nitrogens is 1. The molecule has 0 aliphatic rings. The molecule has 1 atom stereocenters. The zero-order valence-corrected chi connectivity index (χ0v) is 13.4. The van der Waals surface area contributed by atoms with Gasteiger partial charge in [0.15, 0.2) is 0 Å². The summed E-state index contributed by atoms with van der Waals surface area (Å²) in [5, 5.41) is 2.90. The van der Waals surface area contributed by atoms with Crippen molar-refractivity contribution in [2.45, 2.75) is 46.0 Å². The van der Waals surface area contributed by atoms with Gasteiger partial charge in [-0.1, -0.05) is 38.6 Å². The molecule has 1 aromatic heterocycles. The molecule has 0 radical (unpaired) electrons. The van der Waals surface area contributed by atoms with Crippen LogP contribution in [0.3, 0.4) is 0 Å². The fraction of sp³-hybridized carbons (Fsp3) is 0.467. The second-order valence-corrected chi connectivity index (χ2v) is 10.4. The molecule has 0 aromatic carbocycles. The molecule has 1 heterocycles. The van der Waals surface area contributed by atoms with Crippen LogP contribution in [-0.4, -0.2) is 19.0 Å². The Balaban J connectivity index is 2.98. The molecule has 3 nitrogen and oxygen atoms in total. The molecular formula is C15H22N2OSi. The lowest BCUT2D eigenvalue weighted by Gasteiger charge is -2.15. The summed E-state index contributed by atoms with van der Waals surface area (Å²) in [4.78, 5) is 15.7. The number of amides is 1. The van der Waals surface area contributed by atoms with Crippen molar-refractivity contribution in [3.8, 4) is 11.5 Å². The maximum absolute atomic E-state index is 11.2. The molecule has 0 saturated carbocycles. The van der Waals surface area contributed by atoms with Crippen LogP contribution in [0.5, 0.6) is 0 Å². The van der Waals surface area contributed by atoms with Crippen molar-refractivity contribution in [1.82, 2.24) is 10.3 Å². The molecule has 0 saturated heterocycles. The fourth-order valence-corrected chi connectivity index (χ4v) is 2.10. The highest BCUT2D eigenvalue weighted by Crippen LogP contribution is 2.14. The zero-order chi connectivity index (χ0) is 14.5. The minimum absolute atomic E-state index is 0.0350. The number of nitrogens with one attached hydrogen (secondary N) is 1. The molecule has 1 unspecified atom stereocenters. The van der Waals surface area contributed by atoms with Crippen LogP contribution >= 0.6 is 0 Å². The quantitative estimate of drug-likeness (QED) is 0.680. The van der Waals surface area contributed by atoms with Gasteiger partial charge in [-0.2, -0.15) is 0 Å². The number of hydrogen-bond acceptors (Lipinski definition) is 2. The molecule has 0 aliphatic heterocycles. The summed E-state index contributed by atoms with van der Waals surface area (Å²) in [6.45, 7) is 10.2. The summed E-state index contributed by atoms with van der Waals surface area (Å²) in [7, 11) is -1.39. The predicted molar refractivity (Wildman–Crippen MR) is 81.3 cm³/mol. The van der Waals surface area contributed by atoms with Gasteiger partial charge in [-0.05, 0) is 18.6 Å². The summed E-state index contributed by atoms with van der Waals surface area (Å²) in [6.07, 6.45) is 0.817. The third kappa shape index (κ3) is 5.71. The first-order valence-corrected chi connectivity index (χ1v) is 10.1. The molecule has 4 heteroatoms. The molecule has 1 amide bonds. The minimum atomic E-state index is -1.39. The molecule has 19 heavy (non-hydrogen) atoms. The first-order chi connectivity index (χ1) is 8.81. The van der Waals surface area contributed by atoms with Crippen LogP contribution in [0.15, 0.2) is 18.2 Å². The van der Waals surface area contributed by atoms with Gasteiger partial charge in [0.25, 0.3) is 0 Å². The Labute approximate surface area is 116 Å². The van der Waals surface area contributed by atoms with E-state index in [0.717, 1.165) is 17.8 Å². The summed E-state index contributed by atoms with van der Waals surface area (Å²) in [6, 6.07) is 5.76. The van der Waals surface area contributed by atoms with E-state index in [9.17, 15) is 4.79 Å². The SMILES string of the molecule is CCC(NC(C)=O)c1cccc(C#C[Si](C)(C)C)n1. The summed E-state index contributed by atoms with van der Waals surface area (Å²) in [5.74, 6) is 3.11. The first kappa shape index (κ1) is 15.5. The highest BCUT2D eigenvalue weighted by molar-refractivity contribution is 6.83. The molecule has 1 aromatic rings. The van der Waals surface area contributed by atoms with E-state index in [1.807, 2.05) is 25.1 Å². The first-order valence-electron chi connectivity index (χ1n) is 6.59. The lowest BCUT2D eigenvalue weighted by molar-refractivity contribution is -0.119. The molecule has 102 valence electrons. The second-order valence-electron chi connectivity index (χ2n) is 5.61. The smallest absolute Gasteiger partial charge is 0.217 e. The Hall–Kier alpha value is -1.60. The van der Waals surface area contributed by atoms with Gasteiger partial charge in [0.05, 0.1) is 11.7 Å². The highest BCUT2D eigenvalue weighted by Gasteiger charge is 2.12. The molecule has 0 bridgehead atoms. The number of carbonyl (C=O) groups is 1. The van der Waals surface area contributed by atoms with E-state index in [-0.39, 0.29) is 11.9 Å². The molecule has 0 spiro atoms. The zero-order valence-electron chi connectivity index (χ0n) is 12.4. The number of carbonyl (C=O) groups excluding carboxylic acids is 1. The van der Waals surface area contributed by atoms with Crippen LogP contribution in [0.25, 0.3) is 0 Å². The maximum atomic E-state index is 11.2. The van der Waals surface area contributed by atoms with Crippen molar-refractivity contribution in [2.75, 3.05) is 0 Å². The number of nitrogens with zero attached hydrogens (tertiary/aromatic N) is 1. The second kappa shape index (κ2) is 6.53. The van der Waals surface area contributed by atoms with Crippen molar-refractivity contribution in [1.29, 1.82) is 0 Å². The topological polar surface area (TPSA) is 42.0 Å². The Bertz CT molecular complexity index is 509. The van der Waals surface area contributed by atoms with Gasteiger partial charge in [-0.3, -0.25) is 4.79 Å². The van der Waals surface area contributed by atoms with E-state index >= 15 is 0 Å². The van der Waals surface area contributed by atoms with Gasteiger partial charge in [0, 0.05) is 6.92 Å².